The van der Waals surface area contributed by atoms with Crippen LogP contribution in [-0.4, -0.2) is 18.4 Å². The highest BCUT2D eigenvalue weighted by Gasteiger charge is 2.16. The van der Waals surface area contributed by atoms with E-state index in [1.54, 1.807) is 18.2 Å². The number of hydrogen-bond donors (Lipinski definition) is 2. The molecule has 2 N–H and O–H groups in total. The number of non-ortho nitro benzene ring substituents is 1. The monoisotopic (exact) mass is 320 g/mol. The van der Waals surface area contributed by atoms with Crippen LogP contribution in [-0.2, 0) is 10.0 Å². The van der Waals surface area contributed by atoms with Crippen LogP contribution in [0, 0.1) is 10.1 Å². The number of para-hydroxylation sites is 1. The normalized spacial score (nSPS) is 11.9. The van der Waals surface area contributed by atoms with Crippen molar-refractivity contribution in [2.24, 2.45) is 0 Å². The molecule has 22 heavy (non-hydrogen) atoms. The Labute approximate surface area is 126 Å². The molecule has 0 aliphatic carbocycles. The third kappa shape index (κ3) is 3.83. The number of aliphatic hydroxyl groups excluding tert-OH is 1. The van der Waals surface area contributed by atoms with E-state index in [4.69, 9.17) is 0 Å². The van der Waals surface area contributed by atoms with Crippen LogP contribution in [0.1, 0.15) is 5.56 Å². The molecule has 0 unspecified atom stereocenters. The molecular formula is C14H12N2O5S. The van der Waals surface area contributed by atoms with E-state index >= 15 is 0 Å². The minimum atomic E-state index is -4.11. The lowest BCUT2D eigenvalue weighted by Crippen LogP contribution is -2.14. The Morgan fingerprint density at radius 3 is 2.23 bits per heavy atom. The lowest BCUT2D eigenvalue weighted by molar-refractivity contribution is -0.384. The summed E-state index contributed by atoms with van der Waals surface area (Å²) in [5.74, 6) is 0. The van der Waals surface area contributed by atoms with Gasteiger partial charge in [0.15, 0.2) is 0 Å². The molecule has 2 aromatic rings. The fraction of sp³-hybridized carbons (Fsp3) is 0. The van der Waals surface area contributed by atoms with Crippen molar-refractivity contribution in [3.05, 3.63) is 75.4 Å². The highest BCUT2D eigenvalue weighted by atomic mass is 32.2. The maximum absolute atomic E-state index is 11.9. The molecule has 8 heteroatoms. The van der Waals surface area contributed by atoms with Crippen LogP contribution in [0.15, 0.2) is 59.7 Å². The van der Waals surface area contributed by atoms with E-state index in [1.165, 1.54) is 36.4 Å². The number of aliphatic hydroxyl groups is 1. The number of nitrogens with one attached hydrogen (secondary N) is 1. The standard InChI is InChI=1S/C14H12N2O5S/c17-14(10-11-6-8-13(9-7-11)16(18)19)22(20,21)15-12-4-2-1-3-5-12/h1-10,15,17H. The fourth-order valence-corrected chi connectivity index (χ4v) is 2.47. The Bertz CT molecular complexity index is 799. The van der Waals surface area contributed by atoms with Crippen molar-refractivity contribution in [3.63, 3.8) is 0 Å². The van der Waals surface area contributed by atoms with Crippen LogP contribution in [0.25, 0.3) is 6.08 Å². The van der Waals surface area contributed by atoms with Crippen LogP contribution in [0.3, 0.4) is 0 Å². The number of nitro benzene ring substituents is 1. The SMILES string of the molecule is O=[N+]([O-])c1ccc(C=C(O)S(=O)(=O)Nc2ccccc2)cc1. The Kier molecular flexibility index (Phi) is 4.42. The smallest absolute Gasteiger partial charge is 0.294 e. The van der Waals surface area contributed by atoms with Crippen molar-refractivity contribution < 1.29 is 18.4 Å². The third-order valence-electron chi connectivity index (χ3n) is 2.70. The molecule has 7 nitrogen and oxygen atoms in total. The number of sulfonamides is 1. The summed E-state index contributed by atoms with van der Waals surface area (Å²) in [7, 11) is -4.11. The average Bonchev–Trinajstić information content (AvgIpc) is 2.48. The molecule has 0 aromatic heterocycles. The van der Waals surface area contributed by atoms with Crippen molar-refractivity contribution in [2.45, 2.75) is 0 Å². The first-order valence-corrected chi connectivity index (χ1v) is 7.60. The quantitative estimate of drug-likeness (QED) is 0.500. The maximum Gasteiger partial charge on any atom is 0.294 e. The van der Waals surface area contributed by atoms with Crippen LogP contribution in [0.2, 0.25) is 0 Å². The first-order valence-electron chi connectivity index (χ1n) is 6.11. The molecule has 0 aliphatic rings. The summed E-state index contributed by atoms with van der Waals surface area (Å²) in [6.07, 6.45) is 1.01. The van der Waals surface area contributed by atoms with E-state index in [-0.39, 0.29) is 5.69 Å². The Morgan fingerprint density at radius 1 is 1.09 bits per heavy atom. The lowest BCUT2D eigenvalue weighted by Gasteiger charge is -2.06. The first kappa shape index (κ1) is 15.5. The van der Waals surface area contributed by atoms with Gasteiger partial charge in [-0.25, -0.2) is 0 Å². The molecule has 0 amide bonds. The molecule has 0 aliphatic heterocycles. The van der Waals surface area contributed by atoms with Gasteiger partial charge in [0.1, 0.15) is 0 Å². The van der Waals surface area contributed by atoms with Crippen molar-refractivity contribution in [3.8, 4) is 0 Å². The largest absolute Gasteiger partial charge is 0.497 e. The highest BCUT2D eigenvalue weighted by Crippen LogP contribution is 2.17. The number of hydrogen-bond acceptors (Lipinski definition) is 5. The summed E-state index contributed by atoms with van der Waals surface area (Å²) in [6, 6.07) is 13.2. The van der Waals surface area contributed by atoms with Gasteiger partial charge in [0.25, 0.3) is 15.7 Å². The molecule has 0 fully saturated rings. The lowest BCUT2D eigenvalue weighted by atomic mass is 10.2. The Balaban J connectivity index is 2.21. The van der Waals surface area contributed by atoms with Gasteiger partial charge in [-0.05, 0) is 29.8 Å². The van der Waals surface area contributed by atoms with E-state index in [0.717, 1.165) is 6.08 Å². The van der Waals surface area contributed by atoms with Gasteiger partial charge in [-0.15, -0.1) is 0 Å². The summed E-state index contributed by atoms with van der Waals surface area (Å²) in [5, 5.41) is 19.4. The summed E-state index contributed by atoms with van der Waals surface area (Å²) in [5.41, 5.74) is 0.509. The minimum absolute atomic E-state index is 0.123. The second-order valence-corrected chi connectivity index (χ2v) is 5.93. The van der Waals surface area contributed by atoms with Gasteiger partial charge in [0.05, 0.1) is 4.92 Å². The molecule has 0 bridgehead atoms. The number of nitrogens with zero attached hydrogens (tertiary/aromatic N) is 1. The Hall–Kier alpha value is -2.87. The highest BCUT2D eigenvalue weighted by molar-refractivity contribution is 7.96. The van der Waals surface area contributed by atoms with E-state index < -0.39 is 20.0 Å². The van der Waals surface area contributed by atoms with Crippen molar-refractivity contribution in [1.29, 1.82) is 0 Å². The summed E-state index contributed by atoms with van der Waals surface area (Å²) in [6.45, 7) is 0. The topological polar surface area (TPSA) is 110 Å². The molecule has 0 radical (unpaired) electrons. The van der Waals surface area contributed by atoms with Crippen LogP contribution in [0.5, 0.6) is 0 Å². The first-order chi connectivity index (χ1) is 10.4. The van der Waals surface area contributed by atoms with E-state index in [1.807, 2.05) is 0 Å². The van der Waals surface area contributed by atoms with Gasteiger partial charge in [-0.1, -0.05) is 18.2 Å². The number of nitro groups is 1. The van der Waals surface area contributed by atoms with Gasteiger partial charge in [-0.2, -0.15) is 8.42 Å². The van der Waals surface area contributed by atoms with Gasteiger partial charge in [-0.3, -0.25) is 14.8 Å². The van der Waals surface area contributed by atoms with Crippen molar-refractivity contribution in [2.75, 3.05) is 4.72 Å². The predicted octanol–water partition coefficient (Wildman–Crippen LogP) is 2.89. The van der Waals surface area contributed by atoms with Crippen molar-refractivity contribution in [1.82, 2.24) is 0 Å². The van der Waals surface area contributed by atoms with Gasteiger partial charge in [0, 0.05) is 23.9 Å². The zero-order chi connectivity index (χ0) is 16.2. The molecule has 0 saturated carbocycles. The molecule has 0 atom stereocenters. The number of rotatable bonds is 5. The third-order valence-corrected chi connectivity index (χ3v) is 3.87. The second kappa shape index (κ2) is 6.27. The van der Waals surface area contributed by atoms with Crippen LogP contribution < -0.4 is 4.72 Å². The molecule has 0 heterocycles. The number of benzene rings is 2. The zero-order valence-corrected chi connectivity index (χ0v) is 12.0. The van der Waals surface area contributed by atoms with Crippen LogP contribution in [0.4, 0.5) is 11.4 Å². The summed E-state index contributed by atoms with van der Waals surface area (Å²) in [4.78, 5) is 9.96. The maximum atomic E-state index is 11.9. The second-order valence-electron chi connectivity index (χ2n) is 4.30. The van der Waals surface area contributed by atoms with E-state index in [9.17, 15) is 23.6 Å². The molecule has 2 aromatic carbocycles. The van der Waals surface area contributed by atoms with E-state index in [0.29, 0.717) is 11.3 Å². The fourth-order valence-electron chi connectivity index (χ4n) is 1.63. The van der Waals surface area contributed by atoms with Gasteiger partial charge < -0.3 is 5.11 Å². The minimum Gasteiger partial charge on any atom is -0.497 e. The molecule has 0 saturated heterocycles. The zero-order valence-electron chi connectivity index (χ0n) is 11.2. The van der Waals surface area contributed by atoms with Gasteiger partial charge >= 0.3 is 0 Å². The average molecular weight is 320 g/mol. The summed E-state index contributed by atoms with van der Waals surface area (Å²) < 4.78 is 26.1. The molecule has 2 rings (SSSR count). The molecular weight excluding hydrogens is 308 g/mol. The molecule has 114 valence electrons. The molecule has 0 spiro atoms. The number of anilines is 1. The summed E-state index contributed by atoms with van der Waals surface area (Å²) >= 11 is 0. The van der Waals surface area contributed by atoms with Gasteiger partial charge in [0.2, 0.25) is 5.09 Å². The van der Waals surface area contributed by atoms with E-state index in [2.05, 4.69) is 4.72 Å². The predicted molar refractivity (Wildman–Crippen MR) is 82.7 cm³/mol. The van der Waals surface area contributed by atoms with Crippen molar-refractivity contribution >= 4 is 27.5 Å². The Morgan fingerprint density at radius 2 is 1.68 bits per heavy atom. The van der Waals surface area contributed by atoms with Crippen LogP contribution >= 0.6 is 0 Å².